The molecule has 1 saturated heterocycles. The molecule has 1 aliphatic heterocycles. The van der Waals surface area contributed by atoms with Gasteiger partial charge in [-0.15, -0.1) is 0 Å². The van der Waals surface area contributed by atoms with E-state index in [2.05, 4.69) is 6.92 Å². The number of hydrogen-bond donors (Lipinski definition) is 1. The molecule has 3 atom stereocenters. The average Bonchev–Trinajstić information content (AvgIpc) is 2.98. The van der Waals surface area contributed by atoms with Gasteiger partial charge in [0.2, 0.25) is 0 Å². The van der Waals surface area contributed by atoms with Gasteiger partial charge in [-0.25, -0.2) is 0 Å². The summed E-state index contributed by atoms with van der Waals surface area (Å²) in [6.07, 6.45) is 11.9. The maximum Gasteiger partial charge on any atom is 0.0686 e. The van der Waals surface area contributed by atoms with Crippen molar-refractivity contribution in [1.82, 2.24) is 0 Å². The van der Waals surface area contributed by atoms with Crippen molar-refractivity contribution in [3.8, 4) is 0 Å². The molecular formula is C16H28O2. The lowest BCUT2D eigenvalue weighted by molar-refractivity contribution is -0.139. The fourth-order valence-corrected chi connectivity index (χ4v) is 4.73. The normalized spacial score (nSPS) is 43.7. The maximum absolute atomic E-state index is 11.0. The molecule has 0 amide bonds. The molecule has 3 rings (SSSR count). The monoisotopic (exact) mass is 252 g/mol. The molecule has 3 fully saturated rings. The first-order valence-electron chi connectivity index (χ1n) is 8.02. The summed E-state index contributed by atoms with van der Waals surface area (Å²) in [6.45, 7) is 3.14. The van der Waals surface area contributed by atoms with Crippen molar-refractivity contribution in [1.29, 1.82) is 0 Å². The lowest BCUT2D eigenvalue weighted by Crippen LogP contribution is -2.46. The Morgan fingerprint density at radius 2 is 1.89 bits per heavy atom. The van der Waals surface area contributed by atoms with Crippen molar-refractivity contribution in [2.24, 2.45) is 11.8 Å². The molecule has 3 unspecified atom stereocenters. The summed E-state index contributed by atoms with van der Waals surface area (Å²) in [4.78, 5) is 0. The van der Waals surface area contributed by atoms with Crippen LogP contribution in [0, 0.1) is 11.8 Å². The first-order valence-corrected chi connectivity index (χ1v) is 8.02. The third-order valence-corrected chi connectivity index (χ3v) is 5.97. The molecule has 1 spiro atoms. The van der Waals surface area contributed by atoms with Crippen molar-refractivity contribution in [3.63, 3.8) is 0 Å². The summed E-state index contributed by atoms with van der Waals surface area (Å²) >= 11 is 0. The highest BCUT2D eigenvalue weighted by Crippen LogP contribution is 2.50. The van der Waals surface area contributed by atoms with E-state index in [9.17, 15) is 5.11 Å². The molecule has 2 aliphatic carbocycles. The van der Waals surface area contributed by atoms with Crippen LogP contribution in [0.5, 0.6) is 0 Å². The fraction of sp³-hybridized carbons (Fsp3) is 1.00. The Bertz CT molecular complexity index is 295. The minimum absolute atomic E-state index is 0.156. The van der Waals surface area contributed by atoms with Gasteiger partial charge in [0.1, 0.15) is 0 Å². The van der Waals surface area contributed by atoms with Crippen LogP contribution in [0.15, 0.2) is 0 Å². The highest BCUT2D eigenvalue weighted by molar-refractivity contribution is 5.00. The van der Waals surface area contributed by atoms with Crippen LogP contribution in [0.4, 0.5) is 0 Å². The summed E-state index contributed by atoms with van der Waals surface area (Å²) < 4.78 is 6.10. The van der Waals surface area contributed by atoms with Crippen molar-refractivity contribution >= 4 is 0 Å². The van der Waals surface area contributed by atoms with E-state index in [4.69, 9.17) is 4.74 Å². The molecule has 2 saturated carbocycles. The zero-order valence-corrected chi connectivity index (χ0v) is 11.8. The largest absolute Gasteiger partial charge is 0.390 e. The molecule has 18 heavy (non-hydrogen) atoms. The number of hydrogen-bond acceptors (Lipinski definition) is 2. The molecule has 0 bridgehead atoms. The van der Waals surface area contributed by atoms with Crippen molar-refractivity contribution in [2.75, 3.05) is 6.61 Å². The molecule has 3 aliphatic rings. The molecule has 0 aromatic rings. The first-order chi connectivity index (χ1) is 8.66. The molecule has 2 heteroatoms. The standard InChI is InChI=1S/C16H28O2/c1-2-13-5-9-16(17,11-13)14-6-10-18-15(12-14)7-3-4-8-15/h13-14,17H,2-12H2,1H3. The summed E-state index contributed by atoms with van der Waals surface area (Å²) in [5.74, 6) is 1.26. The number of rotatable bonds is 2. The summed E-state index contributed by atoms with van der Waals surface area (Å²) in [6, 6.07) is 0. The van der Waals surface area contributed by atoms with Crippen LogP contribution in [0.25, 0.3) is 0 Å². The van der Waals surface area contributed by atoms with Crippen LogP contribution in [0.3, 0.4) is 0 Å². The Labute approximate surface area is 111 Å². The maximum atomic E-state index is 11.0. The molecule has 1 N–H and O–H groups in total. The lowest BCUT2D eigenvalue weighted by Gasteiger charge is -2.44. The minimum atomic E-state index is -0.361. The van der Waals surface area contributed by atoms with Crippen molar-refractivity contribution in [3.05, 3.63) is 0 Å². The van der Waals surface area contributed by atoms with E-state index in [1.165, 1.54) is 38.5 Å². The van der Waals surface area contributed by atoms with Crippen molar-refractivity contribution in [2.45, 2.75) is 82.3 Å². The van der Waals surface area contributed by atoms with Crippen LogP contribution < -0.4 is 0 Å². The van der Waals surface area contributed by atoms with E-state index < -0.39 is 0 Å². The zero-order valence-electron chi connectivity index (χ0n) is 11.8. The highest BCUT2D eigenvalue weighted by atomic mass is 16.5. The van der Waals surface area contributed by atoms with Gasteiger partial charge in [0, 0.05) is 6.61 Å². The van der Waals surface area contributed by atoms with Crippen LogP contribution in [-0.2, 0) is 4.74 Å². The van der Waals surface area contributed by atoms with E-state index in [1.54, 1.807) is 0 Å². The van der Waals surface area contributed by atoms with E-state index in [-0.39, 0.29) is 11.2 Å². The second-order valence-electron chi connectivity index (χ2n) is 7.05. The predicted octanol–water partition coefficient (Wildman–Crippen LogP) is 3.67. The van der Waals surface area contributed by atoms with E-state index in [1.807, 2.05) is 0 Å². The van der Waals surface area contributed by atoms with Crippen LogP contribution in [-0.4, -0.2) is 22.9 Å². The number of ether oxygens (including phenoxy) is 1. The summed E-state index contributed by atoms with van der Waals surface area (Å²) in [5, 5.41) is 11.0. The van der Waals surface area contributed by atoms with E-state index in [0.717, 1.165) is 38.2 Å². The van der Waals surface area contributed by atoms with Gasteiger partial charge in [-0.05, 0) is 56.8 Å². The number of aliphatic hydroxyl groups is 1. The molecule has 0 aromatic carbocycles. The van der Waals surface area contributed by atoms with Gasteiger partial charge in [0.05, 0.1) is 11.2 Å². The first kappa shape index (κ1) is 12.9. The Morgan fingerprint density at radius 1 is 1.11 bits per heavy atom. The van der Waals surface area contributed by atoms with Gasteiger partial charge in [0.15, 0.2) is 0 Å². The van der Waals surface area contributed by atoms with Crippen LogP contribution in [0.1, 0.15) is 71.1 Å². The third kappa shape index (κ3) is 2.22. The van der Waals surface area contributed by atoms with Gasteiger partial charge < -0.3 is 9.84 Å². The quantitative estimate of drug-likeness (QED) is 0.812. The second-order valence-corrected chi connectivity index (χ2v) is 7.05. The second kappa shape index (κ2) is 4.79. The Kier molecular flexibility index (Phi) is 3.44. The van der Waals surface area contributed by atoms with E-state index >= 15 is 0 Å². The Morgan fingerprint density at radius 3 is 2.56 bits per heavy atom. The molecule has 104 valence electrons. The molecule has 0 radical (unpaired) electrons. The highest BCUT2D eigenvalue weighted by Gasteiger charge is 2.49. The van der Waals surface area contributed by atoms with E-state index in [0.29, 0.717) is 5.92 Å². The molecular weight excluding hydrogens is 224 g/mol. The van der Waals surface area contributed by atoms with Gasteiger partial charge in [0.25, 0.3) is 0 Å². The molecule has 0 aromatic heterocycles. The predicted molar refractivity (Wildman–Crippen MR) is 72.5 cm³/mol. The lowest BCUT2D eigenvalue weighted by atomic mass is 9.74. The Balaban J connectivity index is 1.68. The minimum Gasteiger partial charge on any atom is -0.390 e. The third-order valence-electron chi connectivity index (χ3n) is 5.97. The average molecular weight is 252 g/mol. The molecule has 2 nitrogen and oxygen atoms in total. The van der Waals surface area contributed by atoms with Crippen LogP contribution >= 0.6 is 0 Å². The smallest absolute Gasteiger partial charge is 0.0686 e. The van der Waals surface area contributed by atoms with Crippen molar-refractivity contribution < 1.29 is 9.84 Å². The van der Waals surface area contributed by atoms with Gasteiger partial charge in [-0.2, -0.15) is 0 Å². The zero-order chi connectivity index (χ0) is 12.6. The fourth-order valence-electron chi connectivity index (χ4n) is 4.73. The van der Waals surface area contributed by atoms with Gasteiger partial charge in [-0.1, -0.05) is 26.2 Å². The summed E-state index contributed by atoms with van der Waals surface area (Å²) in [5.41, 5.74) is -0.205. The summed E-state index contributed by atoms with van der Waals surface area (Å²) in [7, 11) is 0. The van der Waals surface area contributed by atoms with Gasteiger partial charge >= 0.3 is 0 Å². The Hall–Kier alpha value is -0.0800. The van der Waals surface area contributed by atoms with Crippen LogP contribution in [0.2, 0.25) is 0 Å². The van der Waals surface area contributed by atoms with Gasteiger partial charge in [-0.3, -0.25) is 0 Å². The SMILES string of the molecule is CCC1CCC(O)(C2CCOC3(CCCC3)C2)C1. The topological polar surface area (TPSA) is 29.5 Å². The molecule has 1 heterocycles.